The second-order valence-corrected chi connectivity index (χ2v) is 4.69. The van der Waals surface area contributed by atoms with E-state index >= 15 is 0 Å². The molecule has 2 rings (SSSR count). The standard InChI is InChI=1S/C14H19N3O2/c15-12-7-9-17(10-8-12)13-4-2-1-3-11(13)5-6-14(18)16-19/h1-6,12,19H,7-10,15H2,(H,16,18). The van der Waals surface area contributed by atoms with Crippen LogP contribution in [0, 0.1) is 0 Å². The summed E-state index contributed by atoms with van der Waals surface area (Å²) in [4.78, 5) is 13.3. The minimum absolute atomic E-state index is 0.291. The number of benzene rings is 1. The van der Waals surface area contributed by atoms with Crippen molar-refractivity contribution in [3.8, 4) is 0 Å². The monoisotopic (exact) mass is 261 g/mol. The highest BCUT2D eigenvalue weighted by Crippen LogP contribution is 2.24. The molecule has 5 nitrogen and oxygen atoms in total. The van der Waals surface area contributed by atoms with Crippen molar-refractivity contribution < 1.29 is 10.0 Å². The van der Waals surface area contributed by atoms with Crippen molar-refractivity contribution in [1.82, 2.24) is 5.48 Å². The van der Waals surface area contributed by atoms with E-state index in [1.165, 1.54) is 6.08 Å². The number of piperidine rings is 1. The van der Waals surface area contributed by atoms with Crippen molar-refractivity contribution >= 4 is 17.7 Å². The zero-order valence-corrected chi connectivity index (χ0v) is 10.7. The van der Waals surface area contributed by atoms with Gasteiger partial charge in [-0.15, -0.1) is 0 Å². The summed E-state index contributed by atoms with van der Waals surface area (Å²) in [6, 6.07) is 8.18. The van der Waals surface area contributed by atoms with Crippen molar-refractivity contribution in [3.63, 3.8) is 0 Å². The first-order valence-electron chi connectivity index (χ1n) is 6.42. The van der Waals surface area contributed by atoms with Crippen LogP contribution in [0.4, 0.5) is 5.69 Å². The number of carbonyl (C=O) groups excluding carboxylic acids is 1. The molecule has 1 aliphatic heterocycles. The van der Waals surface area contributed by atoms with Gasteiger partial charge in [-0.1, -0.05) is 18.2 Å². The molecule has 4 N–H and O–H groups in total. The Morgan fingerprint density at radius 3 is 2.74 bits per heavy atom. The largest absolute Gasteiger partial charge is 0.371 e. The fourth-order valence-corrected chi connectivity index (χ4v) is 2.26. The Bertz CT molecular complexity index is 466. The van der Waals surface area contributed by atoms with Crippen molar-refractivity contribution in [2.45, 2.75) is 18.9 Å². The van der Waals surface area contributed by atoms with Gasteiger partial charge in [0.05, 0.1) is 0 Å². The fraction of sp³-hybridized carbons (Fsp3) is 0.357. The number of anilines is 1. The van der Waals surface area contributed by atoms with Crippen LogP contribution in [0.5, 0.6) is 0 Å². The van der Waals surface area contributed by atoms with E-state index in [4.69, 9.17) is 10.9 Å². The SMILES string of the molecule is NC1CCN(c2ccccc2C=CC(=O)NO)CC1. The van der Waals surface area contributed by atoms with E-state index in [2.05, 4.69) is 4.90 Å². The number of amides is 1. The van der Waals surface area contributed by atoms with Gasteiger partial charge in [-0.3, -0.25) is 10.0 Å². The quantitative estimate of drug-likeness (QED) is 0.433. The Labute approximate surface area is 112 Å². The molecular weight excluding hydrogens is 242 g/mol. The number of rotatable bonds is 3. The molecule has 0 aliphatic carbocycles. The van der Waals surface area contributed by atoms with Gasteiger partial charge < -0.3 is 10.6 Å². The molecule has 0 aromatic heterocycles. The molecule has 0 spiro atoms. The molecule has 1 saturated heterocycles. The lowest BCUT2D eigenvalue weighted by Crippen LogP contribution is -2.39. The molecule has 1 heterocycles. The van der Waals surface area contributed by atoms with Gasteiger partial charge in [0, 0.05) is 30.9 Å². The molecular formula is C14H19N3O2. The minimum atomic E-state index is -0.532. The molecule has 1 aliphatic rings. The molecule has 19 heavy (non-hydrogen) atoms. The average Bonchev–Trinajstić information content (AvgIpc) is 2.46. The number of nitrogens with one attached hydrogen (secondary N) is 1. The van der Waals surface area contributed by atoms with E-state index in [0.717, 1.165) is 37.2 Å². The third-order valence-corrected chi connectivity index (χ3v) is 3.34. The Morgan fingerprint density at radius 2 is 2.05 bits per heavy atom. The van der Waals surface area contributed by atoms with Crippen molar-refractivity contribution in [1.29, 1.82) is 0 Å². The summed E-state index contributed by atoms with van der Waals surface area (Å²) in [5.74, 6) is -0.532. The predicted molar refractivity (Wildman–Crippen MR) is 74.8 cm³/mol. The van der Waals surface area contributed by atoms with E-state index in [1.807, 2.05) is 24.3 Å². The summed E-state index contributed by atoms with van der Waals surface area (Å²) in [5, 5.41) is 8.48. The lowest BCUT2D eigenvalue weighted by atomic mass is 10.0. The molecule has 0 bridgehead atoms. The molecule has 1 aromatic carbocycles. The van der Waals surface area contributed by atoms with Crippen LogP contribution in [-0.2, 0) is 4.79 Å². The molecule has 0 radical (unpaired) electrons. The number of para-hydroxylation sites is 1. The Hall–Kier alpha value is -1.85. The minimum Gasteiger partial charge on any atom is -0.371 e. The Morgan fingerprint density at radius 1 is 1.37 bits per heavy atom. The van der Waals surface area contributed by atoms with Gasteiger partial charge in [-0.25, -0.2) is 5.48 Å². The molecule has 1 fully saturated rings. The van der Waals surface area contributed by atoms with E-state index < -0.39 is 5.91 Å². The maximum atomic E-state index is 11.0. The summed E-state index contributed by atoms with van der Waals surface area (Å²) < 4.78 is 0. The summed E-state index contributed by atoms with van der Waals surface area (Å²) in [5.41, 5.74) is 9.55. The van der Waals surface area contributed by atoms with Crippen LogP contribution in [0.25, 0.3) is 6.08 Å². The summed E-state index contributed by atoms with van der Waals surface area (Å²) in [6.07, 6.45) is 4.98. The Balaban J connectivity index is 2.16. The van der Waals surface area contributed by atoms with Crippen molar-refractivity contribution in [2.75, 3.05) is 18.0 Å². The number of nitrogens with zero attached hydrogens (tertiary/aromatic N) is 1. The number of hydrogen-bond donors (Lipinski definition) is 3. The lowest BCUT2D eigenvalue weighted by Gasteiger charge is -2.33. The van der Waals surface area contributed by atoms with Crippen LogP contribution in [0.15, 0.2) is 30.3 Å². The first-order valence-corrected chi connectivity index (χ1v) is 6.42. The fourth-order valence-electron chi connectivity index (χ4n) is 2.26. The molecule has 0 saturated carbocycles. The molecule has 102 valence electrons. The molecule has 5 heteroatoms. The summed E-state index contributed by atoms with van der Waals surface area (Å²) >= 11 is 0. The van der Waals surface area contributed by atoms with Crippen LogP contribution in [0.1, 0.15) is 18.4 Å². The van der Waals surface area contributed by atoms with Gasteiger partial charge in [0.1, 0.15) is 0 Å². The van der Waals surface area contributed by atoms with Crippen LogP contribution in [-0.4, -0.2) is 30.2 Å². The third kappa shape index (κ3) is 3.56. The van der Waals surface area contributed by atoms with Crippen LogP contribution >= 0.6 is 0 Å². The Kier molecular flexibility index (Phi) is 4.54. The van der Waals surface area contributed by atoms with Crippen LogP contribution in [0.3, 0.4) is 0 Å². The van der Waals surface area contributed by atoms with E-state index in [9.17, 15) is 4.79 Å². The van der Waals surface area contributed by atoms with Crippen LogP contribution < -0.4 is 16.1 Å². The summed E-state index contributed by atoms with van der Waals surface area (Å²) in [7, 11) is 0. The highest BCUT2D eigenvalue weighted by molar-refractivity contribution is 5.91. The molecule has 0 atom stereocenters. The van der Waals surface area contributed by atoms with E-state index in [0.29, 0.717) is 6.04 Å². The van der Waals surface area contributed by atoms with Gasteiger partial charge in [-0.05, 0) is 30.5 Å². The highest BCUT2D eigenvalue weighted by Gasteiger charge is 2.17. The lowest BCUT2D eigenvalue weighted by molar-refractivity contribution is -0.124. The van der Waals surface area contributed by atoms with Gasteiger partial charge >= 0.3 is 0 Å². The van der Waals surface area contributed by atoms with Gasteiger partial charge in [0.15, 0.2) is 0 Å². The zero-order chi connectivity index (χ0) is 13.7. The van der Waals surface area contributed by atoms with Gasteiger partial charge in [0.2, 0.25) is 0 Å². The predicted octanol–water partition coefficient (Wildman–Crippen LogP) is 1.13. The number of carbonyl (C=O) groups is 1. The summed E-state index contributed by atoms with van der Waals surface area (Å²) in [6.45, 7) is 1.86. The van der Waals surface area contributed by atoms with E-state index in [-0.39, 0.29) is 0 Å². The topological polar surface area (TPSA) is 78.6 Å². The maximum absolute atomic E-state index is 11.0. The number of nitrogens with two attached hydrogens (primary N) is 1. The highest BCUT2D eigenvalue weighted by atomic mass is 16.5. The van der Waals surface area contributed by atoms with Crippen molar-refractivity contribution in [2.24, 2.45) is 5.73 Å². The first kappa shape index (κ1) is 13.6. The first-order chi connectivity index (χ1) is 9.20. The maximum Gasteiger partial charge on any atom is 0.267 e. The second-order valence-electron chi connectivity index (χ2n) is 4.69. The second kappa shape index (κ2) is 6.36. The zero-order valence-electron chi connectivity index (χ0n) is 10.7. The molecule has 1 aromatic rings. The van der Waals surface area contributed by atoms with Gasteiger partial charge in [0.25, 0.3) is 5.91 Å². The third-order valence-electron chi connectivity index (χ3n) is 3.34. The van der Waals surface area contributed by atoms with Crippen LogP contribution in [0.2, 0.25) is 0 Å². The average molecular weight is 261 g/mol. The van der Waals surface area contributed by atoms with Gasteiger partial charge in [-0.2, -0.15) is 0 Å². The molecule has 1 amide bonds. The van der Waals surface area contributed by atoms with E-state index in [1.54, 1.807) is 11.6 Å². The number of hydrogen-bond acceptors (Lipinski definition) is 4. The smallest absolute Gasteiger partial charge is 0.267 e. The normalized spacial score (nSPS) is 16.8. The molecule has 0 unspecified atom stereocenters. The number of hydroxylamine groups is 1. The van der Waals surface area contributed by atoms with Crippen molar-refractivity contribution in [3.05, 3.63) is 35.9 Å².